The first-order valence-corrected chi connectivity index (χ1v) is 3.28. The summed E-state index contributed by atoms with van der Waals surface area (Å²) in [4.78, 5) is 10.8. The van der Waals surface area contributed by atoms with Crippen molar-refractivity contribution in [1.82, 2.24) is 0 Å². The number of carbonyl (C=O) groups is 1. The molecule has 0 aromatic rings. The van der Waals surface area contributed by atoms with E-state index in [2.05, 4.69) is 4.74 Å². The van der Waals surface area contributed by atoms with Crippen LogP contribution in [0.2, 0.25) is 0 Å². The molecular formula is C7H12ClNO2. The van der Waals surface area contributed by atoms with Crippen LogP contribution in [0.15, 0.2) is 11.6 Å². The van der Waals surface area contributed by atoms with Crippen LogP contribution in [0.25, 0.3) is 0 Å². The fourth-order valence-electron chi connectivity index (χ4n) is 1.05. The number of halogens is 1. The van der Waals surface area contributed by atoms with Gasteiger partial charge in [-0.1, -0.05) is 6.08 Å². The van der Waals surface area contributed by atoms with E-state index in [0.29, 0.717) is 0 Å². The van der Waals surface area contributed by atoms with E-state index in [1.165, 1.54) is 7.11 Å². The quantitative estimate of drug-likeness (QED) is 0.598. The minimum atomic E-state index is -0.243. The van der Waals surface area contributed by atoms with E-state index in [9.17, 15) is 4.79 Å². The fourth-order valence-corrected chi connectivity index (χ4v) is 1.05. The number of methoxy groups -OCH3 is 1. The second-order valence-electron chi connectivity index (χ2n) is 2.39. The van der Waals surface area contributed by atoms with Gasteiger partial charge in [0.05, 0.1) is 7.11 Å². The maximum atomic E-state index is 10.8. The Morgan fingerprint density at radius 3 is 2.82 bits per heavy atom. The minimum Gasteiger partial charge on any atom is -0.466 e. The summed E-state index contributed by atoms with van der Waals surface area (Å²) in [5.41, 5.74) is 6.25. The topological polar surface area (TPSA) is 52.3 Å². The van der Waals surface area contributed by atoms with Crippen LogP contribution in [0.1, 0.15) is 12.8 Å². The van der Waals surface area contributed by atoms with Gasteiger partial charge in [-0.25, -0.2) is 4.79 Å². The third kappa shape index (κ3) is 2.52. The van der Waals surface area contributed by atoms with Gasteiger partial charge in [-0.15, -0.1) is 12.4 Å². The smallest absolute Gasteiger partial charge is 0.333 e. The molecular weight excluding hydrogens is 166 g/mol. The number of ether oxygens (including phenoxy) is 1. The molecule has 11 heavy (non-hydrogen) atoms. The lowest BCUT2D eigenvalue weighted by Gasteiger charge is -1.95. The lowest BCUT2D eigenvalue weighted by molar-refractivity contribution is -0.136. The largest absolute Gasteiger partial charge is 0.466 e. The van der Waals surface area contributed by atoms with Crippen LogP contribution in [0.3, 0.4) is 0 Å². The van der Waals surface area contributed by atoms with Gasteiger partial charge < -0.3 is 10.5 Å². The van der Waals surface area contributed by atoms with E-state index in [1.54, 1.807) is 6.08 Å². The van der Waals surface area contributed by atoms with Crippen LogP contribution in [0.4, 0.5) is 0 Å². The summed E-state index contributed by atoms with van der Waals surface area (Å²) >= 11 is 0. The minimum absolute atomic E-state index is 0. The average Bonchev–Trinajstić information content (AvgIpc) is 2.34. The van der Waals surface area contributed by atoms with Gasteiger partial charge in [-0.05, 0) is 12.8 Å². The predicted molar refractivity (Wildman–Crippen MR) is 44.6 cm³/mol. The monoisotopic (exact) mass is 177 g/mol. The van der Waals surface area contributed by atoms with Crippen molar-refractivity contribution in [2.75, 3.05) is 7.11 Å². The number of rotatable bonds is 1. The van der Waals surface area contributed by atoms with Gasteiger partial charge in [0.25, 0.3) is 0 Å². The van der Waals surface area contributed by atoms with Crippen molar-refractivity contribution < 1.29 is 9.53 Å². The molecule has 0 bridgehead atoms. The first-order valence-electron chi connectivity index (χ1n) is 3.28. The third-order valence-corrected chi connectivity index (χ3v) is 1.61. The lowest BCUT2D eigenvalue weighted by atomic mass is 10.2. The molecule has 1 unspecified atom stereocenters. The number of esters is 1. The molecule has 0 heterocycles. The highest BCUT2D eigenvalue weighted by Gasteiger charge is 2.17. The molecule has 1 aliphatic rings. The van der Waals surface area contributed by atoms with Crippen molar-refractivity contribution in [3.05, 3.63) is 11.6 Å². The summed E-state index contributed by atoms with van der Waals surface area (Å²) in [5.74, 6) is -0.243. The van der Waals surface area contributed by atoms with Gasteiger partial charge >= 0.3 is 5.97 Å². The molecule has 1 aliphatic carbocycles. The molecule has 0 saturated carbocycles. The third-order valence-electron chi connectivity index (χ3n) is 1.61. The number of carbonyl (C=O) groups excluding carboxylic acids is 1. The van der Waals surface area contributed by atoms with Gasteiger partial charge in [0.2, 0.25) is 0 Å². The standard InChI is InChI=1S/C7H11NO2.ClH/c1-10-7(9)5-2-3-6(8)4-5;/h4,6H,2-3,8H2,1H3;1H. The van der Waals surface area contributed by atoms with Crippen molar-refractivity contribution in [1.29, 1.82) is 0 Å². The van der Waals surface area contributed by atoms with E-state index in [4.69, 9.17) is 5.73 Å². The van der Waals surface area contributed by atoms with Gasteiger partial charge in [0.1, 0.15) is 0 Å². The Kier molecular flexibility index (Phi) is 4.15. The van der Waals surface area contributed by atoms with Crippen molar-refractivity contribution in [2.45, 2.75) is 18.9 Å². The summed E-state index contributed by atoms with van der Waals surface area (Å²) in [6.45, 7) is 0. The first-order chi connectivity index (χ1) is 4.74. The normalized spacial score (nSPS) is 22.0. The summed E-state index contributed by atoms with van der Waals surface area (Å²) in [7, 11) is 1.38. The molecule has 0 saturated heterocycles. The molecule has 0 aromatic carbocycles. The summed E-state index contributed by atoms with van der Waals surface area (Å²) < 4.78 is 4.52. The van der Waals surface area contributed by atoms with Crippen LogP contribution in [-0.2, 0) is 9.53 Å². The van der Waals surface area contributed by atoms with Crippen LogP contribution in [0.5, 0.6) is 0 Å². The van der Waals surface area contributed by atoms with Crippen molar-refractivity contribution in [2.24, 2.45) is 5.73 Å². The molecule has 0 amide bonds. The molecule has 4 heteroatoms. The van der Waals surface area contributed by atoms with E-state index < -0.39 is 0 Å². The Morgan fingerprint density at radius 2 is 2.45 bits per heavy atom. The average molecular weight is 178 g/mol. The predicted octanol–water partition coefficient (Wildman–Crippen LogP) is 0.629. The maximum absolute atomic E-state index is 10.8. The van der Waals surface area contributed by atoms with Crippen LogP contribution in [0, 0.1) is 0 Å². The zero-order valence-electron chi connectivity index (χ0n) is 6.37. The van der Waals surface area contributed by atoms with Crippen LogP contribution in [-0.4, -0.2) is 19.1 Å². The summed E-state index contributed by atoms with van der Waals surface area (Å²) in [6, 6.07) is 0.0501. The Labute approximate surface area is 72.0 Å². The zero-order valence-corrected chi connectivity index (χ0v) is 7.19. The van der Waals surface area contributed by atoms with E-state index >= 15 is 0 Å². The summed E-state index contributed by atoms with van der Waals surface area (Å²) in [6.07, 6.45) is 3.39. The Morgan fingerprint density at radius 1 is 1.82 bits per heavy atom. The van der Waals surface area contributed by atoms with Gasteiger partial charge in [-0.3, -0.25) is 0 Å². The SMILES string of the molecule is COC(=O)C1=CC(N)CC1.Cl. The first kappa shape index (κ1) is 10.5. The van der Waals surface area contributed by atoms with Crippen molar-refractivity contribution in [3.63, 3.8) is 0 Å². The molecule has 2 N–H and O–H groups in total. The molecule has 3 nitrogen and oxygen atoms in total. The van der Waals surface area contributed by atoms with Crippen molar-refractivity contribution in [3.8, 4) is 0 Å². The molecule has 0 aliphatic heterocycles. The fraction of sp³-hybridized carbons (Fsp3) is 0.571. The molecule has 0 fully saturated rings. The van der Waals surface area contributed by atoms with E-state index in [-0.39, 0.29) is 24.4 Å². The van der Waals surface area contributed by atoms with Crippen LogP contribution < -0.4 is 5.73 Å². The molecule has 0 spiro atoms. The second kappa shape index (κ2) is 4.36. The molecule has 1 atom stereocenters. The highest BCUT2D eigenvalue weighted by Crippen LogP contribution is 2.17. The number of hydrogen-bond acceptors (Lipinski definition) is 3. The van der Waals surface area contributed by atoms with E-state index in [1.807, 2.05) is 0 Å². The van der Waals surface area contributed by atoms with E-state index in [0.717, 1.165) is 18.4 Å². The summed E-state index contributed by atoms with van der Waals surface area (Å²) in [5, 5.41) is 0. The highest BCUT2D eigenvalue weighted by molar-refractivity contribution is 5.89. The maximum Gasteiger partial charge on any atom is 0.333 e. The molecule has 1 rings (SSSR count). The Bertz CT molecular complexity index is 179. The van der Waals surface area contributed by atoms with Gasteiger partial charge in [-0.2, -0.15) is 0 Å². The molecule has 0 radical (unpaired) electrons. The number of hydrogen-bond donors (Lipinski definition) is 1. The lowest BCUT2D eigenvalue weighted by Crippen LogP contribution is -2.12. The zero-order chi connectivity index (χ0) is 7.56. The highest BCUT2D eigenvalue weighted by atomic mass is 35.5. The van der Waals surface area contributed by atoms with Crippen LogP contribution >= 0.6 is 12.4 Å². The van der Waals surface area contributed by atoms with Gasteiger partial charge in [0, 0.05) is 11.6 Å². The second-order valence-corrected chi connectivity index (χ2v) is 2.39. The van der Waals surface area contributed by atoms with Crippen molar-refractivity contribution >= 4 is 18.4 Å². The Balaban J connectivity index is 0.000001000. The Hall–Kier alpha value is -0.540. The molecule has 64 valence electrons. The number of nitrogens with two attached hydrogens (primary N) is 1. The molecule has 0 aromatic heterocycles. The van der Waals surface area contributed by atoms with Gasteiger partial charge in [0.15, 0.2) is 0 Å².